The molecule has 0 saturated heterocycles. The molecular weight excluding hydrogens is 184 g/mol. The second kappa shape index (κ2) is 3.88. The molecule has 2 N–H and O–H groups in total. The Bertz CT molecular complexity index is 297. The number of nitrogen functional groups attached to an aromatic ring is 1. The normalized spacial score (nSPS) is 10.5. The van der Waals surface area contributed by atoms with E-state index in [-0.39, 0.29) is 0 Å². The molecule has 0 aliphatic carbocycles. The molecule has 0 aliphatic heterocycles. The summed E-state index contributed by atoms with van der Waals surface area (Å²) in [4.78, 5) is 2.11. The largest absolute Gasteiger partial charge is 0.399 e. The first-order valence-electron chi connectivity index (χ1n) is 4.30. The second-order valence-corrected chi connectivity index (χ2v) is 3.82. The van der Waals surface area contributed by atoms with Gasteiger partial charge >= 0.3 is 0 Å². The van der Waals surface area contributed by atoms with Crippen LogP contribution in [0, 0.1) is 0 Å². The van der Waals surface area contributed by atoms with Crippen LogP contribution in [-0.4, -0.2) is 13.1 Å². The van der Waals surface area contributed by atoms with Gasteiger partial charge in [-0.1, -0.05) is 11.6 Å². The highest BCUT2D eigenvalue weighted by Gasteiger charge is 2.08. The van der Waals surface area contributed by atoms with Gasteiger partial charge in [0.05, 0.1) is 10.7 Å². The third kappa shape index (κ3) is 2.28. The number of rotatable bonds is 2. The van der Waals surface area contributed by atoms with Gasteiger partial charge in [-0.3, -0.25) is 0 Å². The topological polar surface area (TPSA) is 29.3 Å². The molecule has 0 heterocycles. The molecule has 0 spiro atoms. The van der Waals surface area contributed by atoms with Crippen molar-refractivity contribution < 1.29 is 0 Å². The van der Waals surface area contributed by atoms with E-state index in [2.05, 4.69) is 18.7 Å². The van der Waals surface area contributed by atoms with Gasteiger partial charge < -0.3 is 10.6 Å². The van der Waals surface area contributed by atoms with E-state index in [1.807, 2.05) is 19.2 Å². The Hall–Kier alpha value is -0.890. The zero-order chi connectivity index (χ0) is 10.0. The van der Waals surface area contributed by atoms with Crippen molar-refractivity contribution in [2.75, 3.05) is 17.7 Å². The van der Waals surface area contributed by atoms with Crippen molar-refractivity contribution in [2.24, 2.45) is 0 Å². The average Bonchev–Trinajstić information content (AvgIpc) is 2.03. The van der Waals surface area contributed by atoms with Crippen LogP contribution in [0.1, 0.15) is 13.8 Å². The Morgan fingerprint density at radius 3 is 2.46 bits per heavy atom. The van der Waals surface area contributed by atoms with E-state index >= 15 is 0 Å². The van der Waals surface area contributed by atoms with Crippen LogP contribution in [-0.2, 0) is 0 Å². The van der Waals surface area contributed by atoms with E-state index in [0.29, 0.717) is 16.8 Å². The Balaban J connectivity index is 3.01. The van der Waals surface area contributed by atoms with Gasteiger partial charge in [0.2, 0.25) is 0 Å². The van der Waals surface area contributed by atoms with Crippen LogP contribution in [0.4, 0.5) is 11.4 Å². The molecule has 0 aromatic heterocycles. The maximum atomic E-state index is 6.05. The van der Waals surface area contributed by atoms with Crippen LogP contribution in [0.25, 0.3) is 0 Å². The SMILES string of the molecule is CC(C)N(C)c1ccc(N)cc1Cl. The fraction of sp³-hybridized carbons (Fsp3) is 0.400. The van der Waals surface area contributed by atoms with Crippen molar-refractivity contribution in [1.29, 1.82) is 0 Å². The van der Waals surface area contributed by atoms with Crippen molar-refractivity contribution in [1.82, 2.24) is 0 Å². The summed E-state index contributed by atoms with van der Waals surface area (Å²) in [5.74, 6) is 0. The van der Waals surface area contributed by atoms with Crippen LogP contribution >= 0.6 is 11.6 Å². The fourth-order valence-electron chi connectivity index (χ4n) is 1.09. The molecular formula is C10H15ClN2. The zero-order valence-electron chi connectivity index (χ0n) is 8.21. The molecule has 13 heavy (non-hydrogen) atoms. The molecule has 0 amide bonds. The number of nitrogens with two attached hydrogens (primary N) is 1. The Labute approximate surface area is 84.3 Å². The second-order valence-electron chi connectivity index (χ2n) is 3.42. The third-order valence-corrected chi connectivity index (χ3v) is 2.43. The summed E-state index contributed by atoms with van der Waals surface area (Å²) < 4.78 is 0. The highest BCUT2D eigenvalue weighted by Crippen LogP contribution is 2.27. The standard InChI is InChI=1S/C10H15ClN2/c1-7(2)13(3)10-5-4-8(12)6-9(10)11/h4-7H,12H2,1-3H3. The minimum atomic E-state index is 0.432. The summed E-state index contributed by atoms with van der Waals surface area (Å²) in [6.07, 6.45) is 0. The fourth-order valence-corrected chi connectivity index (χ4v) is 1.41. The van der Waals surface area contributed by atoms with E-state index in [1.165, 1.54) is 0 Å². The van der Waals surface area contributed by atoms with Gasteiger partial charge in [0.25, 0.3) is 0 Å². The van der Waals surface area contributed by atoms with E-state index in [4.69, 9.17) is 17.3 Å². The molecule has 0 unspecified atom stereocenters. The molecule has 1 aromatic carbocycles. The molecule has 0 atom stereocenters. The number of benzene rings is 1. The Morgan fingerprint density at radius 1 is 1.38 bits per heavy atom. The molecule has 3 heteroatoms. The number of hydrogen-bond donors (Lipinski definition) is 1. The molecule has 0 bridgehead atoms. The maximum Gasteiger partial charge on any atom is 0.0660 e. The van der Waals surface area contributed by atoms with Crippen LogP contribution in [0.3, 0.4) is 0 Å². The lowest BCUT2D eigenvalue weighted by Gasteiger charge is -2.24. The van der Waals surface area contributed by atoms with Crippen LogP contribution in [0.15, 0.2) is 18.2 Å². The monoisotopic (exact) mass is 198 g/mol. The average molecular weight is 199 g/mol. The van der Waals surface area contributed by atoms with E-state index in [9.17, 15) is 0 Å². The minimum Gasteiger partial charge on any atom is -0.399 e. The first-order chi connectivity index (χ1) is 6.02. The summed E-state index contributed by atoms with van der Waals surface area (Å²) >= 11 is 6.05. The highest BCUT2D eigenvalue weighted by molar-refractivity contribution is 6.33. The van der Waals surface area contributed by atoms with Crippen molar-refractivity contribution in [2.45, 2.75) is 19.9 Å². The lowest BCUT2D eigenvalue weighted by molar-refractivity contribution is 0.755. The molecule has 2 nitrogen and oxygen atoms in total. The molecule has 0 saturated carbocycles. The van der Waals surface area contributed by atoms with Gasteiger partial charge in [-0.25, -0.2) is 0 Å². The van der Waals surface area contributed by atoms with Crippen LogP contribution < -0.4 is 10.6 Å². The maximum absolute atomic E-state index is 6.05. The lowest BCUT2D eigenvalue weighted by atomic mass is 10.2. The Kier molecular flexibility index (Phi) is 3.04. The quantitative estimate of drug-likeness (QED) is 0.741. The van der Waals surface area contributed by atoms with Crippen molar-refractivity contribution in [3.8, 4) is 0 Å². The summed E-state index contributed by atoms with van der Waals surface area (Å²) in [7, 11) is 2.02. The van der Waals surface area contributed by atoms with E-state index in [0.717, 1.165) is 5.69 Å². The molecule has 1 aromatic rings. The summed E-state index contributed by atoms with van der Waals surface area (Å²) in [6, 6.07) is 6.01. The summed E-state index contributed by atoms with van der Waals surface area (Å²) in [6.45, 7) is 4.24. The number of hydrogen-bond acceptors (Lipinski definition) is 2. The van der Waals surface area contributed by atoms with Crippen LogP contribution in [0.5, 0.6) is 0 Å². The molecule has 0 aliphatic rings. The minimum absolute atomic E-state index is 0.432. The summed E-state index contributed by atoms with van der Waals surface area (Å²) in [5, 5.41) is 0.705. The first kappa shape index (κ1) is 10.2. The van der Waals surface area contributed by atoms with Crippen molar-refractivity contribution in [3.05, 3.63) is 23.2 Å². The lowest BCUT2D eigenvalue weighted by Crippen LogP contribution is -2.25. The Morgan fingerprint density at radius 2 is 2.00 bits per heavy atom. The number of nitrogens with zero attached hydrogens (tertiary/aromatic N) is 1. The first-order valence-corrected chi connectivity index (χ1v) is 4.68. The zero-order valence-corrected chi connectivity index (χ0v) is 8.97. The smallest absolute Gasteiger partial charge is 0.0660 e. The molecule has 72 valence electrons. The van der Waals surface area contributed by atoms with Crippen LogP contribution in [0.2, 0.25) is 5.02 Å². The number of halogens is 1. The van der Waals surface area contributed by atoms with Gasteiger partial charge in [-0.05, 0) is 32.0 Å². The van der Waals surface area contributed by atoms with Gasteiger partial charge in [0.1, 0.15) is 0 Å². The predicted molar refractivity (Wildman–Crippen MR) is 59.4 cm³/mol. The van der Waals surface area contributed by atoms with E-state index in [1.54, 1.807) is 6.07 Å². The number of anilines is 2. The molecule has 0 radical (unpaired) electrons. The third-order valence-electron chi connectivity index (χ3n) is 2.13. The van der Waals surface area contributed by atoms with Gasteiger partial charge in [0.15, 0.2) is 0 Å². The van der Waals surface area contributed by atoms with Gasteiger partial charge in [-0.15, -0.1) is 0 Å². The van der Waals surface area contributed by atoms with Crippen molar-refractivity contribution >= 4 is 23.0 Å². The highest BCUT2D eigenvalue weighted by atomic mass is 35.5. The molecule has 0 fully saturated rings. The van der Waals surface area contributed by atoms with E-state index < -0.39 is 0 Å². The summed E-state index contributed by atoms with van der Waals surface area (Å²) in [5.41, 5.74) is 7.32. The predicted octanol–water partition coefficient (Wildman–Crippen LogP) is 2.77. The molecule has 1 rings (SSSR count). The van der Waals surface area contributed by atoms with Gasteiger partial charge in [-0.2, -0.15) is 0 Å². The van der Waals surface area contributed by atoms with Gasteiger partial charge in [0, 0.05) is 18.8 Å². The van der Waals surface area contributed by atoms with Crippen molar-refractivity contribution in [3.63, 3.8) is 0 Å².